The lowest BCUT2D eigenvalue weighted by molar-refractivity contribution is 0.0872. The lowest BCUT2D eigenvalue weighted by Gasteiger charge is -2.08. The van der Waals surface area contributed by atoms with Gasteiger partial charge in [-0.3, -0.25) is 29.1 Å². The van der Waals surface area contributed by atoms with Crippen molar-refractivity contribution in [3.05, 3.63) is 143 Å². The van der Waals surface area contributed by atoms with Crippen molar-refractivity contribution in [1.29, 1.82) is 0 Å². The van der Waals surface area contributed by atoms with Crippen LogP contribution in [0.5, 0.6) is 0 Å². The predicted octanol–water partition coefficient (Wildman–Crippen LogP) is 6.78. The van der Waals surface area contributed by atoms with Gasteiger partial charge in [-0.2, -0.15) is 0 Å². The normalized spacial score (nSPS) is 17.7. The van der Waals surface area contributed by atoms with E-state index in [-0.39, 0.29) is 23.1 Å². The lowest BCUT2D eigenvalue weighted by atomic mass is 9.96. The monoisotopic (exact) mass is 544 g/mol. The first-order valence-electron chi connectivity index (χ1n) is 13.6. The molecular weight excluding hydrogens is 524 g/mol. The third-order valence-corrected chi connectivity index (χ3v) is 8.31. The smallest absolute Gasteiger partial charge is 0.180 e. The molecule has 0 bridgehead atoms. The SMILES string of the molecule is O=C1c2ccc(-c3ccc4c(c3)C(=O)C(c3ccc5ccccc5n3)C4=O)cc2C(=O)C1c1ccc2ccccc2n1. The summed E-state index contributed by atoms with van der Waals surface area (Å²) in [6, 6.07) is 32.6. The maximum atomic E-state index is 13.5. The molecule has 0 aliphatic heterocycles. The van der Waals surface area contributed by atoms with Crippen LogP contribution in [-0.4, -0.2) is 33.1 Å². The van der Waals surface area contributed by atoms with Gasteiger partial charge in [-0.15, -0.1) is 0 Å². The van der Waals surface area contributed by atoms with Crippen molar-refractivity contribution >= 4 is 44.9 Å². The summed E-state index contributed by atoms with van der Waals surface area (Å²) in [5.74, 6) is -3.12. The second-order valence-corrected chi connectivity index (χ2v) is 10.7. The van der Waals surface area contributed by atoms with E-state index in [1.807, 2.05) is 60.7 Å². The Hall–Kier alpha value is -5.62. The fraction of sp³-hybridized carbons (Fsp3) is 0.0556. The van der Waals surface area contributed by atoms with Crippen molar-refractivity contribution < 1.29 is 19.2 Å². The van der Waals surface area contributed by atoms with Crippen molar-refractivity contribution in [2.45, 2.75) is 11.8 Å². The highest BCUT2D eigenvalue weighted by molar-refractivity contribution is 6.31. The van der Waals surface area contributed by atoms with Gasteiger partial charge >= 0.3 is 0 Å². The quantitative estimate of drug-likeness (QED) is 0.228. The molecule has 6 aromatic rings. The first kappa shape index (κ1) is 24.2. The van der Waals surface area contributed by atoms with Crippen molar-refractivity contribution in [3.63, 3.8) is 0 Å². The first-order chi connectivity index (χ1) is 20.5. The molecule has 0 saturated heterocycles. The molecular formula is C36H20N2O4. The minimum atomic E-state index is -0.991. The zero-order chi connectivity index (χ0) is 28.5. The van der Waals surface area contributed by atoms with Crippen molar-refractivity contribution in [2.75, 3.05) is 0 Å². The van der Waals surface area contributed by atoms with Crippen LogP contribution >= 0.6 is 0 Å². The fourth-order valence-electron chi connectivity index (χ4n) is 6.17. The van der Waals surface area contributed by atoms with Gasteiger partial charge in [0.05, 0.1) is 22.4 Å². The van der Waals surface area contributed by atoms with E-state index in [1.165, 1.54) is 0 Å². The van der Waals surface area contributed by atoms with Crippen molar-refractivity contribution in [1.82, 2.24) is 9.97 Å². The van der Waals surface area contributed by atoms with E-state index >= 15 is 0 Å². The number of Topliss-reactive ketones (excluding diaryl/α,β-unsaturated/α-hetero) is 4. The molecule has 0 fully saturated rings. The second-order valence-electron chi connectivity index (χ2n) is 10.7. The molecule has 2 aromatic heterocycles. The Labute approximate surface area is 239 Å². The third-order valence-electron chi connectivity index (χ3n) is 8.31. The molecule has 0 spiro atoms. The van der Waals surface area contributed by atoms with Gasteiger partial charge in [0, 0.05) is 33.0 Å². The molecule has 0 radical (unpaired) electrons. The Kier molecular flexibility index (Phi) is 5.15. The summed E-state index contributed by atoms with van der Waals surface area (Å²) in [5, 5.41) is 1.87. The number of pyridine rings is 2. The van der Waals surface area contributed by atoms with Crippen molar-refractivity contribution in [2.24, 2.45) is 0 Å². The number of rotatable bonds is 3. The Bertz CT molecular complexity index is 2040. The van der Waals surface area contributed by atoms with Crippen LogP contribution in [0.15, 0.2) is 109 Å². The summed E-state index contributed by atoms with van der Waals surface area (Å²) in [5.41, 5.74) is 5.04. The number of hydrogen-bond donors (Lipinski definition) is 0. The second kappa shape index (κ2) is 8.94. The van der Waals surface area contributed by atoms with Gasteiger partial charge in [-0.05, 0) is 47.5 Å². The molecule has 8 rings (SSSR count). The highest BCUT2D eigenvalue weighted by Crippen LogP contribution is 2.39. The third kappa shape index (κ3) is 3.52. The molecule has 42 heavy (non-hydrogen) atoms. The number of benzene rings is 4. The van der Waals surface area contributed by atoms with Crippen LogP contribution < -0.4 is 0 Å². The van der Waals surface area contributed by atoms with Gasteiger partial charge in [0.2, 0.25) is 0 Å². The summed E-state index contributed by atoms with van der Waals surface area (Å²) in [4.78, 5) is 62.9. The summed E-state index contributed by atoms with van der Waals surface area (Å²) >= 11 is 0. The Morgan fingerprint density at radius 2 is 0.810 bits per heavy atom. The summed E-state index contributed by atoms with van der Waals surface area (Å²) in [6.07, 6.45) is 0. The molecule has 198 valence electrons. The maximum Gasteiger partial charge on any atom is 0.180 e. The van der Waals surface area contributed by atoms with Gasteiger partial charge in [0.25, 0.3) is 0 Å². The van der Waals surface area contributed by atoms with E-state index in [9.17, 15) is 19.2 Å². The number of fused-ring (bicyclic) bond motifs is 4. The number of carbonyl (C=O) groups is 4. The molecule has 6 nitrogen and oxygen atoms in total. The van der Waals surface area contributed by atoms with E-state index in [2.05, 4.69) is 9.97 Å². The van der Waals surface area contributed by atoms with Crippen LogP contribution in [0.1, 0.15) is 64.7 Å². The number of hydrogen-bond acceptors (Lipinski definition) is 6. The zero-order valence-corrected chi connectivity index (χ0v) is 22.1. The molecule has 2 heterocycles. The summed E-state index contributed by atoms with van der Waals surface area (Å²) in [7, 11) is 0. The molecule has 4 aromatic carbocycles. The molecule has 0 N–H and O–H groups in total. The number of ketones is 4. The van der Waals surface area contributed by atoms with Crippen molar-refractivity contribution in [3.8, 4) is 11.1 Å². The average Bonchev–Trinajstić information content (AvgIpc) is 3.43. The van der Waals surface area contributed by atoms with E-state index in [1.54, 1.807) is 48.5 Å². The Balaban J connectivity index is 1.13. The van der Waals surface area contributed by atoms with E-state index < -0.39 is 11.8 Å². The minimum absolute atomic E-state index is 0.273. The molecule has 2 aliphatic rings. The number of para-hydroxylation sites is 2. The van der Waals surface area contributed by atoms with Gasteiger partial charge in [-0.25, -0.2) is 0 Å². The predicted molar refractivity (Wildman–Crippen MR) is 158 cm³/mol. The lowest BCUT2D eigenvalue weighted by Crippen LogP contribution is -2.14. The standard InChI is InChI=1S/C36H20N2O4/c39-33-23-13-9-21(17-25(23)35(41)31(33)29-15-11-19-5-1-3-7-27(19)37-29)22-10-14-24-26(18-22)36(42)32(34(24)40)30-16-12-20-6-2-4-8-28(20)38-30/h1-18,31-32H. The summed E-state index contributed by atoms with van der Waals surface area (Å²) < 4.78 is 0. The van der Waals surface area contributed by atoms with Gasteiger partial charge in [0.15, 0.2) is 23.1 Å². The molecule has 2 aliphatic carbocycles. The average molecular weight is 545 g/mol. The van der Waals surface area contributed by atoms with Crippen LogP contribution in [-0.2, 0) is 0 Å². The van der Waals surface area contributed by atoms with Crippen LogP contribution in [0, 0.1) is 0 Å². The first-order valence-corrected chi connectivity index (χ1v) is 13.6. The minimum Gasteiger partial charge on any atom is -0.293 e. The Morgan fingerprint density at radius 1 is 0.405 bits per heavy atom. The van der Waals surface area contributed by atoms with E-state index in [0.717, 1.165) is 21.8 Å². The molecule has 6 heteroatoms. The maximum absolute atomic E-state index is 13.5. The number of nitrogens with zero attached hydrogens (tertiary/aromatic N) is 2. The van der Waals surface area contributed by atoms with Gasteiger partial charge in [0.1, 0.15) is 11.8 Å². The van der Waals surface area contributed by atoms with Gasteiger partial charge < -0.3 is 0 Å². The Morgan fingerprint density at radius 3 is 1.26 bits per heavy atom. The molecule has 2 atom stereocenters. The molecule has 2 unspecified atom stereocenters. The largest absolute Gasteiger partial charge is 0.293 e. The van der Waals surface area contributed by atoms with E-state index in [4.69, 9.17) is 0 Å². The number of aromatic nitrogens is 2. The van der Waals surface area contributed by atoms with Crippen LogP contribution in [0.3, 0.4) is 0 Å². The van der Waals surface area contributed by atoms with E-state index in [0.29, 0.717) is 44.8 Å². The topological polar surface area (TPSA) is 94.1 Å². The zero-order valence-electron chi connectivity index (χ0n) is 22.1. The van der Waals surface area contributed by atoms with Crippen LogP contribution in [0.25, 0.3) is 32.9 Å². The number of carbonyl (C=O) groups excluding carboxylic acids is 4. The van der Waals surface area contributed by atoms with Crippen LogP contribution in [0.2, 0.25) is 0 Å². The molecule has 0 amide bonds. The highest BCUT2D eigenvalue weighted by atomic mass is 16.2. The van der Waals surface area contributed by atoms with Crippen LogP contribution in [0.4, 0.5) is 0 Å². The highest BCUT2D eigenvalue weighted by Gasteiger charge is 2.42. The summed E-state index contributed by atoms with van der Waals surface area (Å²) in [6.45, 7) is 0. The fourth-order valence-corrected chi connectivity index (χ4v) is 6.17. The van der Waals surface area contributed by atoms with Gasteiger partial charge in [-0.1, -0.05) is 72.8 Å². The molecule has 0 saturated carbocycles.